The Bertz CT molecular complexity index is 849. The maximum atomic E-state index is 13.7. The van der Waals surface area contributed by atoms with Crippen LogP contribution in [0.5, 0.6) is 0 Å². The topological polar surface area (TPSA) is 39.2 Å². The lowest BCUT2D eigenvalue weighted by Gasteiger charge is -2.30. The fourth-order valence-electron chi connectivity index (χ4n) is 4.74. The number of nitrogens with zero attached hydrogens (tertiary/aromatic N) is 1. The highest BCUT2D eigenvalue weighted by atomic mass is 19.1. The maximum Gasteiger partial charge on any atom is 0.309 e. The molecular weight excluding hydrogens is 341 g/mol. The highest BCUT2D eigenvalue weighted by Gasteiger charge is 2.49. The Hall–Kier alpha value is -1.97. The van der Waals surface area contributed by atoms with Crippen molar-refractivity contribution in [2.45, 2.75) is 64.4 Å². The van der Waals surface area contributed by atoms with Crippen molar-refractivity contribution in [3.63, 3.8) is 0 Å². The van der Waals surface area contributed by atoms with Gasteiger partial charge < -0.3 is 4.74 Å². The number of carbonyl (C=O) groups is 1. The molecule has 0 amide bonds. The van der Waals surface area contributed by atoms with Crippen molar-refractivity contribution in [3.05, 3.63) is 41.8 Å². The molecule has 0 saturated heterocycles. The van der Waals surface area contributed by atoms with Gasteiger partial charge >= 0.3 is 5.97 Å². The van der Waals surface area contributed by atoms with E-state index in [0.29, 0.717) is 17.8 Å². The van der Waals surface area contributed by atoms with Gasteiger partial charge in [-0.2, -0.15) is 0 Å². The molecule has 0 N–H and O–H groups in total. The number of hydrogen-bond donors (Lipinski definition) is 0. The number of fused-ring (bicyclic) bond motifs is 1. The molecule has 0 aliphatic heterocycles. The normalized spacial score (nSPS) is 28.1. The molecule has 2 unspecified atom stereocenters. The van der Waals surface area contributed by atoms with Gasteiger partial charge in [0.05, 0.1) is 11.4 Å². The van der Waals surface area contributed by atoms with Crippen molar-refractivity contribution < 1.29 is 13.9 Å². The van der Waals surface area contributed by atoms with Crippen molar-refractivity contribution in [2.75, 3.05) is 0 Å². The van der Waals surface area contributed by atoms with Crippen LogP contribution in [-0.2, 0) is 9.53 Å². The second-order valence-electron chi connectivity index (χ2n) is 9.21. The SMILES string of the molecule is CC(C)(C)OC(=O)C1CC1C1CCC(c2ccnc3ccc(F)cc23)CC1. The molecule has 4 heteroatoms. The third-order valence-electron chi connectivity index (χ3n) is 6.10. The van der Waals surface area contributed by atoms with Crippen molar-refractivity contribution in [3.8, 4) is 0 Å². The van der Waals surface area contributed by atoms with Crippen LogP contribution in [0.15, 0.2) is 30.5 Å². The van der Waals surface area contributed by atoms with Gasteiger partial charge in [0.25, 0.3) is 0 Å². The first-order chi connectivity index (χ1) is 12.8. The Morgan fingerprint density at radius 3 is 2.59 bits per heavy atom. The monoisotopic (exact) mass is 369 g/mol. The zero-order valence-electron chi connectivity index (χ0n) is 16.4. The van der Waals surface area contributed by atoms with E-state index in [-0.39, 0.29) is 17.7 Å². The summed E-state index contributed by atoms with van der Waals surface area (Å²) in [5.74, 6) is 1.43. The molecule has 0 radical (unpaired) electrons. The number of halogens is 1. The van der Waals surface area contributed by atoms with E-state index in [9.17, 15) is 9.18 Å². The molecular formula is C23H28FNO2. The van der Waals surface area contributed by atoms with Crippen LogP contribution in [0, 0.1) is 23.6 Å². The summed E-state index contributed by atoms with van der Waals surface area (Å²) in [6, 6.07) is 6.89. The number of benzene rings is 1. The van der Waals surface area contributed by atoms with E-state index >= 15 is 0 Å². The molecule has 1 aromatic heterocycles. The lowest BCUT2D eigenvalue weighted by Crippen LogP contribution is -2.26. The average molecular weight is 369 g/mol. The zero-order chi connectivity index (χ0) is 19.2. The molecule has 2 aliphatic rings. The highest BCUT2D eigenvalue weighted by Crippen LogP contribution is 2.52. The number of rotatable bonds is 3. The number of pyridine rings is 1. The third-order valence-corrected chi connectivity index (χ3v) is 6.10. The number of carbonyl (C=O) groups excluding carboxylic acids is 1. The zero-order valence-corrected chi connectivity index (χ0v) is 16.4. The molecule has 0 spiro atoms. The Morgan fingerprint density at radius 1 is 1.15 bits per heavy atom. The van der Waals surface area contributed by atoms with Crippen LogP contribution in [0.2, 0.25) is 0 Å². The predicted molar refractivity (Wildman–Crippen MR) is 104 cm³/mol. The molecule has 4 rings (SSSR count). The van der Waals surface area contributed by atoms with Crippen molar-refractivity contribution >= 4 is 16.9 Å². The highest BCUT2D eigenvalue weighted by molar-refractivity contribution is 5.82. The van der Waals surface area contributed by atoms with Crippen molar-refractivity contribution in [1.29, 1.82) is 0 Å². The minimum atomic E-state index is -0.403. The van der Waals surface area contributed by atoms with Gasteiger partial charge in [-0.3, -0.25) is 9.78 Å². The summed E-state index contributed by atoms with van der Waals surface area (Å²) in [6.45, 7) is 5.78. The van der Waals surface area contributed by atoms with Crippen LogP contribution in [0.1, 0.15) is 64.4 Å². The fourth-order valence-corrected chi connectivity index (χ4v) is 4.74. The van der Waals surface area contributed by atoms with E-state index < -0.39 is 5.60 Å². The quantitative estimate of drug-likeness (QED) is 0.659. The summed E-state index contributed by atoms with van der Waals surface area (Å²) in [7, 11) is 0. The molecule has 2 atom stereocenters. The lowest BCUT2D eigenvalue weighted by molar-refractivity contribution is -0.157. The van der Waals surface area contributed by atoms with E-state index in [1.54, 1.807) is 12.1 Å². The molecule has 27 heavy (non-hydrogen) atoms. The fraction of sp³-hybridized carbons (Fsp3) is 0.565. The van der Waals surface area contributed by atoms with Gasteiger partial charge in [0.15, 0.2) is 0 Å². The van der Waals surface area contributed by atoms with Crippen LogP contribution in [0.3, 0.4) is 0 Å². The van der Waals surface area contributed by atoms with Gasteiger partial charge in [-0.15, -0.1) is 0 Å². The van der Waals surface area contributed by atoms with Crippen LogP contribution in [-0.4, -0.2) is 16.6 Å². The van der Waals surface area contributed by atoms with Crippen LogP contribution >= 0.6 is 0 Å². The smallest absolute Gasteiger partial charge is 0.309 e. The first-order valence-corrected chi connectivity index (χ1v) is 10.1. The molecule has 3 nitrogen and oxygen atoms in total. The Kier molecular flexibility index (Phi) is 4.69. The lowest BCUT2D eigenvalue weighted by atomic mass is 9.76. The Morgan fingerprint density at radius 2 is 1.89 bits per heavy atom. The van der Waals surface area contributed by atoms with Gasteiger partial charge in [-0.05, 0) is 100 Å². The Labute approximate surface area is 160 Å². The summed E-state index contributed by atoms with van der Waals surface area (Å²) >= 11 is 0. The van der Waals surface area contributed by atoms with E-state index in [1.807, 2.05) is 33.0 Å². The van der Waals surface area contributed by atoms with Gasteiger partial charge in [0, 0.05) is 11.6 Å². The van der Waals surface area contributed by atoms with E-state index in [4.69, 9.17) is 4.74 Å². The van der Waals surface area contributed by atoms with Gasteiger partial charge in [-0.25, -0.2) is 4.39 Å². The van der Waals surface area contributed by atoms with E-state index in [0.717, 1.165) is 43.0 Å². The van der Waals surface area contributed by atoms with Crippen LogP contribution < -0.4 is 0 Å². The van der Waals surface area contributed by atoms with E-state index in [1.165, 1.54) is 11.6 Å². The first-order valence-electron chi connectivity index (χ1n) is 10.1. The number of esters is 1. The minimum absolute atomic E-state index is 0.0229. The van der Waals surface area contributed by atoms with Crippen molar-refractivity contribution in [2.24, 2.45) is 17.8 Å². The summed E-state index contributed by atoms with van der Waals surface area (Å²) in [6.07, 6.45) is 7.27. The average Bonchev–Trinajstić information content (AvgIpc) is 3.41. The maximum absolute atomic E-state index is 13.7. The second-order valence-corrected chi connectivity index (χ2v) is 9.21. The molecule has 1 aromatic carbocycles. The van der Waals surface area contributed by atoms with Crippen molar-refractivity contribution in [1.82, 2.24) is 4.98 Å². The molecule has 0 bridgehead atoms. The minimum Gasteiger partial charge on any atom is -0.460 e. The van der Waals surface area contributed by atoms with Gasteiger partial charge in [0.2, 0.25) is 0 Å². The summed E-state index contributed by atoms with van der Waals surface area (Å²) < 4.78 is 19.3. The Balaban J connectivity index is 1.39. The predicted octanol–water partition coefficient (Wildman–Crippen LogP) is 5.63. The van der Waals surface area contributed by atoms with Crippen LogP contribution in [0.25, 0.3) is 10.9 Å². The molecule has 2 aromatic rings. The number of hydrogen-bond acceptors (Lipinski definition) is 3. The van der Waals surface area contributed by atoms with Gasteiger partial charge in [0.1, 0.15) is 11.4 Å². The van der Waals surface area contributed by atoms with E-state index in [2.05, 4.69) is 4.98 Å². The molecule has 2 fully saturated rings. The molecule has 144 valence electrons. The second kappa shape index (κ2) is 6.88. The largest absolute Gasteiger partial charge is 0.460 e. The molecule has 2 saturated carbocycles. The first kappa shape index (κ1) is 18.4. The summed E-state index contributed by atoms with van der Waals surface area (Å²) in [5.41, 5.74) is 1.68. The molecule has 1 heterocycles. The molecule has 2 aliphatic carbocycles. The summed E-state index contributed by atoms with van der Waals surface area (Å²) in [4.78, 5) is 16.6. The number of aromatic nitrogens is 1. The third kappa shape index (κ3) is 3.99. The standard InChI is InChI=1S/C23H28FNO2/c1-23(2,3)27-22(26)20-13-18(20)15-6-4-14(5-7-15)17-10-11-25-21-9-8-16(24)12-19(17)21/h8-12,14-15,18,20H,4-7,13H2,1-3H3. The van der Waals surface area contributed by atoms with Crippen LogP contribution in [0.4, 0.5) is 4.39 Å². The number of ether oxygens (including phenoxy) is 1. The van der Waals surface area contributed by atoms with Gasteiger partial charge in [-0.1, -0.05) is 0 Å². The summed E-state index contributed by atoms with van der Waals surface area (Å²) in [5, 5.41) is 0.944.